The van der Waals surface area contributed by atoms with Crippen LogP contribution in [0.5, 0.6) is 0 Å². The number of nitrogens with zero attached hydrogens (tertiary/aromatic N) is 1. The Labute approximate surface area is 165 Å². The summed E-state index contributed by atoms with van der Waals surface area (Å²) in [6.07, 6.45) is 10.3. The molecule has 0 aromatic heterocycles. The van der Waals surface area contributed by atoms with Crippen molar-refractivity contribution in [1.82, 2.24) is 5.06 Å². The molecule has 0 spiro atoms. The van der Waals surface area contributed by atoms with Crippen LogP contribution in [0.3, 0.4) is 0 Å². The fraction of sp³-hybridized carbons (Fsp3) is 0.957. The van der Waals surface area contributed by atoms with E-state index >= 15 is 0 Å². The first-order chi connectivity index (χ1) is 12.6. The number of fused-ring (bicyclic) bond motifs is 5. The average Bonchev–Trinajstić information content (AvgIpc) is 2.98. The number of amides is 1. The van der Waals surface area contributed by atoms with Gasteiger partial charge in [-0.3, -0.25) is 9.63 Å². The second-order valence-corrected chi connectivity index (χ2v) is 11.1. The normalized spacial score (nSPS) is 51.9. The van der Waals surface area contributed by atoms with E-state index < -0.39 is 5.60 Å². The van der Waals surface area contributed by atoms with Crippen molar-refractivity contribution in [2.24, 2.45) is 40.4 Å². The SMILES string of the molecule is CON(C)C(=O)[C@H]1CC[C@H]2[C@@H]3CCC4C[C@](C)(O)CC[C@]4(C)[C@H]3CC[C@]12C. The standard InChI is InChI=1S/C23H39NO3/c1-21(26)12-13-22(2)15(14-21)6-7-16-17-8-9-19(20(25)24(4)27-5)23(17,3)11-10-18(16)22/h15-19,26H,6-14H2,1-5H3/t15?,16-,17-,18-,19+,21+,22-,23-/m0/s1. The summed E-state index contributed by atoms with van der Waals surface area (Å²) in [7, 11) is 3.34. The molecule has 27 heavy (non-hydrogen) atoms. The summed E-state index contributed by atoms with van der Waals surface area (Å²) >= 11 is 0. The summed E-state index contributed by atoms with van der Waals surface area (Å²) in [4.78, 5) is 18.2. The second-order valence-electron chi connectivity index (χ2n) is 11.1. The van der Waals surface area contributed by atoms with Gasteiger partial charge in [0.15, 0.2) is 0 Å². The van der Waals surface area contributed by atoms with Gasteiger partial charge < -0.3 is 5.11 Å². The van der Waals surface area contributed by atoms with E-state index in [4.69, 9.17) is 4.84 Å². The van der Waals surface area contributed by atoms with Gasteiger partial charge in [0, 0.05) is 13.0 Å². The van der Waals surface area contributed by atoms with Crippen LogP contribution in [0.4, 0.5) is 0 Å². The van der Waals surface area contributed by atoms with E-state index in [-0.39, 0.29) is 17.2 Å². The average molecular weight is 378 g/mol. The smallest absolute Gasteiger partial charge is 0.249 e. The Morgan fingerprint density at radius 3 is 2.37 bits per heavy atom. The molecule has 4 fully saturated rings. The number of hydroxylamine groups is 2. The molecule has 0 radical (unpaired) electrons. The first-order valence-corrected chi connectivity index (χ1v) is 11.2. The van der Waals surface area contributed by atoms with Gasteiger partial charge in [-0.15, -0.1) is 0 Å². The number of carbonyl (C=O) groups is 1. The monoisotopic (exact) mass is 377 g/mol. The van der Waals surface area contributed by atoms with Crippen LogP contribution in [-0.4, -0.2) is 35.8 Å². The summed E-state index contributed by atoms with van der Waals surface area (Å²) in [5.74, 6) is 3.18. The van der Waals surface area contributed by atoms with Gasteiger partial charge in [0.05, 0.1) is 12.7 Å². The third-order valence-electron chi connectivity index (χ3n) is 9.84. The number of carbonyl (C=O) groups excluding carboxylic acids is 1. The fourth-order valence-electron chi connectivity index (χ4n) is 8.15. The Morgan fingerprint density at radius 2 is 1.67 bits per heavy atom. The minimum Gasteiger partial charge on any atom is -0.390 e. The predicted molar refractivity (Wildman–Crippen MR) is 106 cm³/mol. The zero-order chi connectivity index (χ0) is 19.6. The molecular weight excluding hydrogens is 338 g/mol. The summed E-state index contributed by atoms with van der Waals surface area (Å²) < 4.78 is 0. The molecule has 4 rings (SSSR count). The molecule has 4 heteroatoms. The maximum absolute atomic E-state index is 12.9. The van der Waals surface area contributed by atoms with E-state index in [1.54, 1.807) is 14.2 Å². The van der Waals surface area contributed by atoms with Crippen molar-refractivity contribution in [1.29, 1.82) is 0 Å². The highest BCUT2D eigenvalue weighted by Crippen LogP contribution is 2.68. The van der Waals surface area contributed by atoms with Gasteiger partial charge in [-0.05, 0) is 99.2 Å². The van der Waals surface area contributed by atoms with E-state index in [0.29, 0.717) is 17.3 Å². The third-order valence-corrected chi connectivity index (χ3v) is 9.84. The van der Waals surface area contributed by atoms with Gasteiger partial charge in [0.2, 0.25) is 5.91 Å². The Kier molecular flexibility index (Phi) is 4.71. The van der Waals surface area contributed by atoms with Crippen LogP contribution >= 0.6 is 0 Å². The predicted octanol–water partition coefficient (Wildman–Crippen LogP) is 4.42. The lowest BCUT2D eigenvalue weighted by atomic mass is 9.44. The number of rotatable bonds is 2. The van der Waals surface area contributed by atoms with E-state index in [2.05, 4.69) is 13.8 Å². The van der Waals surface area contributed by atoms with Crippen LogP contribution < -0.4 is 0 Å². The molecule has 0 aromatic carbocycles. The molecule has 0 aliphatic heterocycles. The molecule has 8 atom stereocenters. The van der Waals surface area contributed by atoms with Gasteiger partial charge >= 0.3 is 0 Å². The summed E-state index contributed by atoms with van der Waals surface area (Å²) in [5.41, 5.74) is 0.0576. The minimum atomic E-state index is -0.462. The quantitative estimate of drug-likeness (QED) is 0.725. The molecule has 4 aliphatic carbocycles. The molecule has 4 nitrogen and oxygen atoms in total. The minimum absolute atomic E-state index is 0.117. The largest absolute Gasteiger partial charge is 0.390 e. The van der Waals surface area contributed by atoms with Crippen molar-refractivity contribution in [3.05, 3.63) is 0 Å². The van der Waals surface area contributed by atoms with Crippen LogP contribution in [0.25, 0.3) is 0 Å². The lowest BCUT2D eigenvalue weighted by Crippen LogP contribution is -2.56. The van der Waals surface area contributed by atoms with Crippen LogP contribution in [0.15, 0.2) is 0 Å². The molecule has 1 amide bonds. The maximum atomic E-state index is 12.9. The van der Waals surface area contributed by atoms with Crippen molar-refractivity contribution in [2.75, 3.05) is 14.2 Å². The fourth-order valence-corrected chi connectivity index (χ4v) is 8.15. The maximum Gasteiger partial charge on any atom is 0.249 e. The van der Waals surface area contributed by atoms with Gasteiger partial charge in [-0.25, -0.2) is 5.06 Å². The molecule has 154 valence electrons. The molecule has 1 unspecified atom stereocenters. The van der Waals surface area contributed by atoms with E-state index in [9.17, 15) is 9.90 Å². The number of hydrogen-bond acceptors (Lipinski definition) is 3. The van der Waals surface area contributed by atoms with Crippen molar-refractivity contribution in [3.63, 3.8) is 0 Å². The van der Waals surface area contributed by atoms with Crippen molar-refractivity contribution >= 4 is 5.91 Å². The van der Waals surface area contributed by atoms with Crippen LogP contribution in [-0.2, 0) is 9.63 Å². The van der Waals surface area contributed by atoms with Crippen LogP contribution in [0.2, 0.25) is 0 Å². The molecular formula is C23H39NO3. The second kappa shape index (κ2) is 6.45. The Bertz CT molecular complexity index is 604. The molecule has 0 aromatic rings. The lowest BCUT2D eigenvalue weighted by molar-refractivity contribution is -0.182. The van der Waals surface area contributed by atoms with Crippen molar-refractivity contribution in [2.45, 2.75) is 84.2 Å². The van der Waals surface area contributed by atoms with E-state index in [1.807, 2.05) is 6.92 Å². The highest BCUT2D eigenvalue weighted by molar-refractivity contribution is 5.79. The third kappa shape index (κ3) is 2.88. The first-order valence-electron chi connectivity index (χ1n) is 11.2. The Balaban J connectivity index is 1.57. The topological polar surface area (TPSA) is 49.8 Å². The van der Waals surface area contributed by atoms with E-state index in [1.165, 1.54) is 43.6 Å². The van der Waals surface area contributed by atoms with Crippen molar-refractivity contribution in [3.8, 4) is 0 Å². The summed E-state index contributed by atoms with van der Waals surface area (Å²) in [5, 5.41) is 12.1. The van der Waals surface area contributed by atoms with Crippen molar-refractivity contribution < 1.29 is 14.7 Å². The first kappa shape index (κ1) is 19.7. The van der Waals surface area contributed by atoms with Crippen LogP contribution in [0.1, 0.15) is 78.6 Å². The van der Waals surface area contributed by atoms with Gasteiger partial charge in [0.1, 0.15) is 0 Å². The Morgan fingerprint density at radius 1 is 0.963 bits per heavy atom. The zero-order valence-corrected chi connectivity index (χ0v) is 18.0. The van der Waals surface area contributed by atoms with Gasteiger partial charge in [0.25, 0.3) is 0 Å². The number of hydrogen-bond donors (Lipinski definition) is 1. The molecule has 1 N–H and O–H groups in total. The molecule has 4 saturated carbocycles. The summed E-state index contributed by atoms with van der Waals surface area (Å²) in [6.45, 7) is 6.96. The zero-order valence-electron chi connectivity index (χ0n) is 18.0. The Hall–Kier alpha value is -0.610. The van der Waals surface area contributed by atoms with E-state index in [0.717, 1.165) is 31.1 Å². The molecule has 0 heterocycles. The number of aliphatic hydroxyl groups is 1. The lowest BCUT2D eigenvalue weighted by Gasteiger charge is -2.61. The summed E-state index contributed by atoms with van der Waals surface area (Å²) in [6, 6.07) is 0. The highest BCUT2D eigenvalue weighted by atomic mass is 16.7. The van der Waals surface area contributed by atoms with Gasteiger partial charge in [-0.1, -0.05) is 13.8 Å². The molecule has 4 aliphatic rings. The highest BCUT2D eigenvalue weighted by Gasteiger charge is 2.62. The molecule has 0 bridgehead atoms. The van der Waals surface area contributed by atoms with Crippen LogP contribution in [0, 0.1) is 40.4 Å². The molecule has 0 saturated heterocycles. The van der Waals surface area contributed by atoms with Gasteiger partial charge in [-0.2, -0.15) is 0 Å².